The second-order valence-corrected chi connectivity index (χ2v) is 6.25. The van der Waals surface area contributed by atoms with Crippen LogP contribution in [0.4, 0.5) is 0 Å². The molecule has 84 valence electrons. The van der Waals surface area contributed by atoms with Gasteiger partial charge in [0.15, 0.2) is 0 Å². The van der Waals surface area contributed by atoms with Gasteiger partial charge in [0.1, 0.15) is 3.70 Å². The van der Waals surface area contributed by atoms with Gasteiger partial charge in [0, 0.05) is 6.20 Å². The molecule has 1 heterocycles. The summed E-state index contributed by atoms with van der Waals surface area (Å²) in [5.41, 5.74) is 0. The molecule has 0 spiro atoms. The average molecular weight is 339 g/mol. The number of rotatable bonds is 1. The number of halogens is 2. The minimum absolute atomic E-state index is 0.546. The Bertz CT molecular complexity index is 321. The Balaban J connectivity index is 2.16. The highest BCUT2D eigenvalue weighted by Crippen LogP contribution is 2.36. The standard InChI is InChI=1S/C11H16ClIN2/c1-7-3-8(2)5-9(4-7)15-6-10(12)11(13)14-15/h6-9H,3-5H2,1-2H3. The van der Waals surface area contributed by atoms with E-state index < -0.39 is 0 Å². The van der Waals surface area contributed by atoms with Crippen molar-refractivity contribution in [3.05, 3.63) is 14.9 Å². The lowest BCUT2D eigenvalue weighted by molar-refractivity contribution is 0.209. The molecule has 1 saturated carbocycles. The van der Waals surface area contributed by atoms with Crippen LogP contribution >= 0.6 is 34.2 Å². The van der Waals surface area contributed by atoms with Gasteiger partial charge >= 0.3 is 0 Å². The van der Waals surface area contributed by atoms with Crippen molar-refractivity contribution in [3.8, 4) is 0 Å². The molecule has 1 fully saturated rings. The van der Waals surface area contributed by atoms with Crippen molar-refractivity contribution in [2.45, 2.75) is 39.2 Å². The van der Waals surface area contributed by atoms with Crippen LogP contribution in [0.25, 0.3) is 0 Å². The lowest BCUT2D eigenvalue weighted by atomic mass is 9.80. The predicted molar refractivity (Wildman–Crippen MR) is 71.2 cm³/mol. The van der Waals surface area contributed by atoms with E-state index in [0.717, 1.165) is 20.6 Å². The van der Waals surface area contributed by atoms with Crippen LogP contribution in [0.1, 0.15) is 39.2 Å². The summed E-state index contributed by atoms with van der Waals surface area (Å²) in [4.78, 5) is 0. The van der Waals surface area contributed by atoms with Gasteiger partial charge in [-0.15, -0.1) is 0 Å². The summed E-state index contributed by atoms with van der Waals surface area (Å²) in [5.74, 6) is 1.61. The molecule has 0 amide bonds. The van der Waals surface area contributed by atoms with Crippen molar-refractivity contribution < 1.29 is 0 Å². The van der Waals surface area contributed by atoms with Crippen LogP contribution in [0.2, 0.25) is 5.02 Å². The van der Waals surface area contributed by atoms with Crippen molar-refractivity contribution in [1.82, 2.24) is 9.78 Å². The molecule has 1 aromatic heterocycles. The van der Waals surface area contributed by atoms with E-state index in [1.54, 1.807) is 0 Å². The molecule has 0 aromatic carbocycles. The van der Waals surface area contributed by atoms with E-state index in [9.17, 15) is 0 Å². The SMILES string of the molecule is CC1CC(C)CC(n2cc(Cl)c(I)n2)C1. The van der Waals surface area contributed by atoms with E-state index in [1.165, 1.54) is 19.3 Å². The molecule has 0 aliphatic heterocycles. The largest absolute Gasteiger partial charge is 0.267 e. The molecular formula is C11H16ClIN2. The first-order valence-electron chi connectivity index (χ1n) is 5.46. The highest BCUT2D eigenvalue weighted by atomic mass is 127. The van der Waals surface area contributed by atoms with Crippen LogP contribution in [0.3, 0.4) is 0 Å². The zero-order valence-electron chi connectivity index (χ0n) is 9.08. The molecule has 2 nitrogen and oxygen atoms in total. The van der Waals surface area contributed by atoms with E-state index in [0.29, 0.717) is 6.04 Å². The summed E-state index contributed by atoms with van der Waals surface area (Å²) in [6.07, 6.45) is 5.79. The zero-order valence-corrected chi connectivity index (χ0v) is 12.0. The van der Waals surface area contributed by atoms with E-state index >= 15 is 0 Å². The van der Waals surface area contributed by atoms with Crippen LogP contribution < -0.4 is 0 Å². The fraction of sp³-hybridized carbons (Fsp3) is 0.727. The molecule has 4 heteroatoms. The fourth-order valence-electron chi connectivity index (χ4n) is 2.65. The van der Waals surface area contributed by atoms with E-state index in [4.69, 9.17) is 11.6 Å². The first kappa shape index (κ1) is 11.7. The van der Waals surface area contributed by atoms with Crippen molar-refractivity contribution in [1.29, 1.82) is 0 Å². The highest BCUT2D eigenvalue weighted by molar-refractivity contribution is 14.1. The Morgan fingerprint density at radius 3 is 2.40 bits per heavy atom. The maximum Gasteiger partial charge on any atom is 0.141 e. The second kappa shape index (κ2) is 4.62. The van der Waals surface area contributed by atoms with Gasteiger partial charge in [-0.3, -0.25) is 4.68 Å². The van der Waals surface area contributed by atoms with Crippen LogP contribution in [0.5, 0.6) is 0 Å². The van der Waals surface area contributed by atoms with Crippen molar-refractivity contribution in [2.24, 2.45) is 11.8 Å². The number of aromatic nitrogens is 2. The average Bonchev–Trinajstić information content (AvgIpc) is 2.45. The molecule has 2 unspecified atom stereocenters. The third-order valence-corrected chi connectivity index (χ3v) is 4.57. The van der Waals surface area contributed by atoms with Gasteiger partial charge in [-0.25, -0.2) is 0 Å². The topological polar surface area (TPSA) is 17.8 Å². The van der Waals surface area contributed by atoms with Crippen molar-refractivity contribution in [2.75, 3.05) is 0 Å². The molecule has 2 rings (SSSR count). The molecule has 1 aliphatic rings. The monoisotopic (exact) mass is 338 g/mol. The Morgan fingerprint density at radius 1 is 1.33 bits per heavy atom. The molecular weight excluding hydrogens is 322 g/mol. The number of hydrogen-bond acceptors (Lipinski definition) is 1. The second-order valence-electron chi connectivity index (χ2n) is 4.82. The van der Waals surface area contributed by atoms with Crippen molar-refractivity contribution in [3.63, 3.8) is 0 Å². The fourth-order valence-corrected chi connectivity index (χ4v) is 3.18. The highest BCUT2D eigenvalue weighted by Gasteiger charge is 2.26. The van der Waals surface area contributed by atoms with Crippen molar-refractivity contribution >= 4 is 34.2 Å². The Kier molecular flexibility index (Phi) is 3.60. The Labute approximate surface area is 110 Å². The first-order chi connectivity index (χ1) is 7.06. The summed E-state index contributed by atoms with van der Waals surface area (Å²) < 4.78 is 2.98. The van der Waals surface area contributed by atoms with Gasteiger partial charge in [-0.2, -0.15) is 5.10 Å². The van der Waals surface area contributed by atoms with Gasteiger partial charge in [0.05, 0.1) is 11.1 Å². The third kappa shape index (κ3) is 2.67. The minimum Gasteiger partial charge on any atom is -0.267 e. The smallest absolute Gasteiger partial charge is 0.141 e. The maximum atomic E-state index is 6.03. The number of hydrogen-bond donors (Lipinski definition) is 0. The van der Waals surface area contributed by atoms with Gasteiger partial charge < -0.3 is 0 Å². The quantitative estimate of drug-likeness (QED) is 0.704. The number of nitrogens with zero attached hydrogens (tertiary/aromatic N) is 2. The third-order valence-electron chi connectivity index (χ3n) is 3.17. The molecule has 0 saturated heterocycles. The Hall–Kier alpha value is 0.230. The van der Waals surface area contributed by atoms with E-state index in [1.807, 2.05) is 6.20 Å². The van der Waals surface area contributed by atoms with Crippen LogP contribution in [0.15, 0.2) is 6.20 Å². The minimum atomic E-state index is 0.546. The summed E-state index contributed by atoms with van der Waals surface area (Å²) >= 11 is 8.22. The van der Waals surface area contributed by atoms with Gasteiger partial charge in [-0.05, 0) is 53.7 Å². The normalized spacial score (nSPS) is 31.9. The summed E-state index contributed by atoms with van der Waals surface area (Å²) in [6.45, 7) is 4.66. The molecule has 15 heavy (non-hydrogen) atoms. The summed E-state index contributed by atoms with van der Waals surface area (Å²) in [7, 11) is 0. The maximum absolute atomic E-state index is 6.03. The van der Waals surface area contributed by atoms with Gasteiger partial charge in [-0.1, -0.05) is 25.4 Å². The first-order valence-corrected chi connectivity index (χ1v) is 6.92. The molecule has 1 aliphatic carbocycles. The van der Waals surface area contributed by atoms with Crippen LogP contribution in [-0.2, 0) is 0 Å². The molecule has 0 bridgehead atoms. The van der Waals surface area contributed by atoms with Gasteiger partial charge in [0.2, 0.25) is 0 Å². The van der Waals surface area contributed by atoms with E-state index in [-0.39, 0.29) is 0 Å². The zero-order chi connectivity index (χ0) is 11.0. The predicted octanol–water partition coefficient (Wildman–Crippen LogP) is 4.14. The molecule has 0 N–H and O–H groups in total. The molecule has 2 atom stereocenters. The Morgan fingerprint density at radius 2 is 1.93 bits per heavy atom. The molecule has 0 radical (unpaired) electrons. The summed E-state index contributed by atoms with van der Waals surface area (Å²) in [5, 5.41) is 5.25. The van der Waals surface area contributed by atoms with Gasteiger partial charge in [0.25, 0.3) is 0 Å². The summed E-state index contributed by atoms with van der Waals surface area (Å²) in [6, 6.07) is 0.546. The van der Waals surface area contributed by atoms with Crippen LogP contribution in [-0.4, -0.2) is 9.78 Å². The lowest BCUT2D eigenvalue weighted by Gasteiger charge is -2.31. The lowest BCUT2D eigenvalue weighted by Crippen LogP contribution is -2.23. The van der Waals surface area contributed by atoms with Crippen LogP contribution in [0, 0.1) is 15.5 Å². The van der Waals surface area contributed by atoms with E-state index in [2.05, 4.69) is 46.2 Å². The molecule has 1 aromatic rings.